The van der Waals surface area contributed by atoms with Gasteiger partial charge in [0.15, 0.2) is 11.5 Å². The SMILES string of the molecule is C=C(C)C(=O)Oc1ccc(C=Cc2ccc(OC(=O)C(=C)C)c(OC(=O)C(=C)C)c2)c(OC(=O)C(=C)C)c1. The van der Waals surface area contributed by atoms with Gasteiger partial charge in [-0.2, -0.15) is 0 Å². The molecule has 0 atom stereocenters. The van der Waals surface area contributed by atoms with E-state index < -0.39 is 23.9 Å². The summed E-state index contributed by atoms with van der Waals surface area (Å²) >= 11 is 0. The molecule has 0 aliphatic carbocycles. The van der Waals surface area contributed by atoms with Gasteiger partial charge in [0.1, 0.15) is 11.5 Å². The third kappa shape index (κ3) is 8.30. The second kappa shape index (κ2) is 12.8. The molecule has 2 aromatic rings. The summed E-state index contributed by atoms with van der Waals surface area (Å²) in [6, 6.07) is 9.08. The van der Waals surface area contributed by atoms with Crippen molar-refractivity contribution < 1.29 is 38.1 Å². The zero-order chi connectivity index (χ0) is 28.6. The van der Waals surface area contributed by atoms with Gasteiger partial charge in [0.05, 0.1) is 0 Å². The Morgan fingerprint density at radius 1 is 0.553 bits per heavy atom. The van der Waals surface area contributed by atoms with Crippen molar-refractivity contribution in [3.05, 3.63) is 96.1 Å². The van der Waals surface area contributed by atoms with Gasteiger partial charge in [-0.1, -0.05) is 44.5 Å². The molecule has 0 aliphatic rings. The van der Waals surface area contributed by atoms with Crippen LogP contribution in [0.25, 0.3) is 12.2 Å². The predicted octanol–water partition coefficient (Wildman–Crippen LogP) is 5.78. The first kappa shape index (κ1) is 29.3. The number of carbonyl (C=O) groups is 4. The van der Waals surface area contributed by atoms with E-state index in [2.05, 4.69) is 26.3 Å². The number of ether oxygens (including phenoxy) is 4. The Balaban J connectivity index is 2.47. The van der Waals surface area contributed by atoms with Crippen LogP contribution in [0.1, 0.15) is 38.8 Å². The molecule has 0 unspecified atom stereocenters. The molecule has 0 heterocycles. The first-order valence-electron chi connectivity index (χ1n) is 11.3. The van der Waals surface area contributed by atoms with Gasteiger partial charge in [0.2, 0.25) is 0 Å². The minimum Gasteiger partial charge on any atom is -0.423 e. The number of carbonyl (C=O) groups excluding carboxylic acids is 4. The molecule has 0 aromatic heterocycles. The zero-order valence-electron chi connectivity index (χ0n) is 21.7. The molecule has 196 valence electrons. The minimum atomic E-state index is -0.701. The van der Waals surface area contributed by atoms with Crippen molar-refractivity contribution in [3.63, 3.8) is 0 Å². The fraction of sp³-hybridized carbons (Fsp3) is 0.133. The van der Waals surface area contributed by atoms with Gasteiger partial charge in [0, 0.05) is 33.9 Å². The average molecular weight is 517 g/mol. The quantitative estimate of drug-likeness (QED) is 0.169. The number of benzene rings is 2. The van der Waals surface area contributed by atoms with Gasteiger partial charge in [-0.25, -0.2) is 19.2 Å². The van der Waals surface area contributed by atoms with Crippen molar-refractivity contribution in [3.8, 4) is 23.0 Å². The maximum Gasteiger partial charge on any atom is 0.338 e. The summed E-state index contributed by atoms with van der Waals surface area (Å²) in [6.07, 6.45) is 3.28. The van der Waals surface area contributed by atoms with Crippen LogP contribution in [0.15, 0.2) is 85.0 Å². The molecule has 8 heteroatoms. The summed E-state index contributed by atoms with van der Waals surface area (Å²) < 4.78 is 21.3. The second-order valence-electron chi connectivity index (χ2n) is 8.42. The van der Waals surface area contributed by atoms with Crippen molar-refractivity contribution in [2.75, 3.05) is 0 Å². The Kier molecular flexibility index (Phi) is 9.87. The van der Waals surface area contributed by atoms with Crippen LogP contribution in [0.4, 0.5) is 0 Å². The Morgan fingerprint density at radius 2 is 1.03 bits per heavy atom. The molecular formula is C30H28O8. The first-order valence-corrected chi connectivity index (χ1v) is 11.3. The molecule has 0 N–H and O–H groups in total. The lowest BCUT2D eigenvalue weighted by Crippen LogP contribution is -2.12. The topological polar surface area (TPSA) is 105 Å². The summed E-state index contributed by atoms with van der Waals surface area (Å²) in [5.41, 5.74) is 1.72. The third-order valence-corrected chi connectivity index (χ3v) is 4.62. The summed E-state index contributed by atoms with van der Waals surface area (Å²) in [6.45, 7) is 20.2. The highest BCUT2D eigenvalue weighted by molar-refractivity contribution is 5.92. The highest BCUT2D eigenvalue weighted by Crippen LogP contribution is 2.32. The van der Waals surface area contributed by atoms with E-state index in [9.17, 15) is 19.2 Å². The number of rotatable bonds is 10. The largest absolute Gasteiger partial charge is 0.423 e. The zero-order valence-corrected chi connectivity index (χ0v) is 21.7. The Bertz CT molecular complexity index is 1390. The average Bonchev–Trinajstić information content (AvgIpc) is 2.84. The van der Waals surface area contributed by atoms with Crippen LogP contribution < -0.4 is 18.9 Å². The van der Waals surface area contributed by atoms with Crippen molar-refractivity contribution >= 4 is 36.0 Å². The van der Waals surface area contributed by atoms with Crippen molar-refractivity contribution in [1.29, 1.82) is 0 Å². The summed E-state index contributed by atoms with van der Waals surface area (Å²) in [4.78, 5) is 48.2. The van der Waals surface area contributed by atoms with Crippen LogP contribution in [0.2, 0.25) is 0 Å². The first-order chi connectivity index (χ1) is 17.8. The maximum atomic E-state index is 12.2. The predicted molar refractivity (Wildman–Crippen MR) is 144 cm³/mol. The Morgan fingerprint density at radius 3 is 1.55 bits per heavy atom. The van der Waals surface area contributed by atoms with Gasteiger partial charge in [-0.05, 0) is 57.5 Å². The van der Waals surface area contributed by atoms with Gasteiger partial charge in [-0.3, -0.25) is 0 Å². The van der Waals surface area contributed by atoms with Crippen molar-refractivity contribution in [2.45, 2.75) is 27.7 Å². The molecule has 38 heavy (non-hydrogen) atoms. The molecule has 0 saturated carbocycles. The number of esters is 4. The van der Waals surface area contributed by atoms with Gasteiger partial charge in [-0.15, -0.1) is 0 Å². The Hall–Kier alpha value is -4.98. The normalized spacial score (nSPS) is 10.3. The highest BCUT2D eigenvalue weighted by atomic mass is 16.6. The van der Waals surface area contributed by atoms with Gasteiger partial charge < -0.3 is 18.9 Å². The highest BCUT2D eigenvalue weighted by Gasteiger charge is 2.16. The molecule has 0 fully saturated rings. The molecule has 0 radical (unpaired) electrons. The van der Waals surface area contributed by atoms with Crippen LogP contribution in [0, 0.1) is 0 Å². The molecule has 0 aliphatic heterocycles. The van der Waals surface area contributed by atoms with Crippen molar-refractivity contribution in [2.24, 2.45) is 0 Å². The van der Waals surface area contributed by atoms with E-state index in [1.807, 2.05) is 0 Å². The summed E-state index contributed by atoms with van der Waals surface area (Å²) in [5, 5.41) is 0. The lowest BCUT2D eigenvalue weighted by atomic mass is 10.1. The lowest BCUT2D eigenvalue weighted by molar-refractivity contribution is -0.132. The van der Waals surface area contributed by atoms with Crippen LogP contribution in [0.5, 0.6) is 23.0 Å². The monoisotopic (exact) mass is 516 g/mol. The van der Waals surface area contributed by atoms with E-state index >= 15 is 0 Å². The van der Waals surface area contributed by atoms with E-state index in [0.29, 0.717) is 11.1 Å². The van der Waals surface area contributed by atoms with E-state index in [0.717, 1.165) is 0 Å². The smallest absolute Gasteiger partial charge is 0.338 e. The molecule has 0 saturated heterocycles. The lowest BCUT2D eigenvalue weighted by Gasteiger charge is -2.12. The van der Waals surface area contributed by atoms with E-state index in [1.54, 1.807) is 24.3 Å². The third-order valence-electron chi connectivity index (χ3n) is 4.62. The summed E-state index contributed by atoms with van der Waals surface area (Å²) in [5.74, 6) is -2.41. The van der Waals surface area contributed by atoms with E-state index in [4.69, 9.17) is 18.9 Å². The Labute approximate surface area is 221 Å². The van der Waals surface area contributed by atoms with Crippen molar-refractivity contribution in [1.82, 2.24) is 0 Å². The van der Waals surface area contributed by atoms with E-state index in [1.165, 1.54) is 52.0 Å². The van der Waals surface area contributed by atoms with Crippen LogP contribution in [-0.4, -0.2) is 23.9 Å². The minimum absolute atomic E-state index is 0.00858. The molecule has 8 nitrogen and oxygen atoms in total. The van der Waals surface area contributed by atoms with Gasteiger partial charge in [0.25, 0.3) is 0 Å². The van der Waals surface area contributed by atoms with E-state index in [-0.39, 0.29) is 45.3 Å². The standard InChI is InChI=1S/C30H28O8/c1-17(2)27(31)35-23-13-12-22(25(16-23)37-29(33)19(5)6)11-9-21-10-14-24(36-28(32)18(3)4)26(15-21)38-30(34)20(7)8/h9-16H,1,3,5,7H2,2,4,6,8H3. The van der Waals surface area contributed by atoms with Crippen LogP contribution in [0.3, 0.4) is 0 Å². The van der Waals surface area contributed by atoms with Crippen LogP contribution >= 0.6 is 0 Å². The number of hydrogen-bond donors (Lipinski definition) is 0. The fourth-order valence-electron chi connectivity index (χ4n) is 2.54. The van der Waals surface area contributed by atoms with Crippen LogP contribution in [-0.2, 0) is 19.2 Å². The molecule has 0 amide bonds. The molecule has 2 rings (SSSR count). The molecule has 2 aromatic carbocycles. The molecule has 0 spiro atoms. The fourth-order valence-corrected chi connectivity index (χ4v) is 2.54. The number of hydrogen-bond acceptors (Lipinski definition) is 8. The maximum absolute atomic E-state index is 12.2. The molecular weight excluding hydrogens is 488 g/mol. The van der Waals surface area contributed by atoms with Gasteiger partial charge >= 0.3 is 23.9 Å². The second-order valence-corrected chi connectivity index (χ2v) is 8.42. The molecule has 0 bridgehead atoms. The summed E-state index contributed by atoms with van der Waals surface area (Å²) in [7, 11) is 0.